The predicted molar refractivity (Wildman–Crippen MR) is 129 cm³/mol. The minimum absolute atomic E-state index is 0.00605. The van der Waals surface area contributed by atoms with Gasteiger partial charge in [0.15, 0.2) is 0 Å². The summed E-state index contributed by atoms with van der Waals surface area (Å²) in [5, 5.41) is 7.50. The second-order valence-corrected chi connectivity index (χ2v) is 8.64. The number of carbonyl (C=O) groups is 2. The Kier molecular flexibility index (Phi) is 8.07. The van der Waals surface area contributed by atoms with Crippen molar-refractivity contribution in [2.75, 3.05) is 26.2 Å². The molecular formula is C26H30FN5O3. The molecule has 0 atom stereocenters. The zero-order valence-electron chi connectivity index (χ0n) is 19.8. The van der Waals surface area contributed by atoms with Gasteiger partial charge in [-0.1, -0.05) is 12.1 Å². The van der Waals surface area contributed by atoms with Gasteiger partial charge >= 0.3 is 6.09 Å². The van der Waals surface area contributed by atoms with Crippen molar-refractivity contribution in [1.29, 1.82) is 0 Å². The van der Waals surface area contributed by atoms with Crippen LogP contribution in [-0.2, 0) is 22.5 Å². The number of nitrogens with zero attached hydrogens (tertiary/aromatic N) is 4. The van der Waals surface area contributed by atoms with Gasteiger partial charge in [-0.15, -0.1) is 0 Å². The van der Waals surface area contributed by atoms with Crippen molar-refractivity contribution in [3.05, 3.63) is 71.9 Å². The molecule has 1 N–H and O–H groups in total. The van der Waals surface area contributed by atoms with Gasteiger partial charge in [0.2, 0.25) is 5.91 Å². The molecule has 184 valence electrons. The van der Waals surface area contributed by atoms with E-state index in [1.165, 1.54) is 12.1 Å². The molecule has 0 bridgehead atoms. The van der Waals surface area contributed by atoms with E-state index in [0.717, 1.165) is 35.4 Å². The number of carbonyl (C=O) groups excluding carboxylic acids is 2. The summed E-state index contributed by atoms with van der Waals surface area (Å²) in [6, 6.07) is 12.1. The van der Waals surface area contributed by atoms with Crippen LogP contribution in [-0.4, -0.2) is 57.9 Å². The minimum atomic E-state index is -0.400. The van der Waals surface area contributed by atoms with Crippen molar-refractivity contribution >= 4 is 12.0 Å². The number of alkyl carbamates (subject to hydrolysis) is 1. The molecule has 4 rings (SSSR count). The van der Waals surface area contributed by atoms with Crippen LogP contribution in [0.5, 0.6) is 0 Å². The average Bonchev–Trinajstić information content (AvgIpc) is 3.27. The van der Waals surface area contributed by atoms with Crippen LogP contribution in [0.25, 0.3) is 11.3 Å². The zero-order chi connectivity index (χ0) is 24.6. The summed E-state index contributed by atoms with van der Waals surface area (Å²) < 4.78 is 20.0. The molecule has 2 amide bonds. The van der Waals surface area contributed by atoms with Gasteiger partial charge in [-0.25, -0.2) is 9.18 Å². The molecule has 0 saturated carbocycles. The summed E-state index contributed by atoms with van der Waals surface area (Å²) in [6.45, 7) is 4.08. The van der Waals surface area contributed by atoms with Crippen molar-refractivity contribution in [2.24, 2.45) is 5.92 Å². The molecule has 1 aromatic carbocycles. The number of nitrogens with one attached hydrogen (secondary N) is 1. The van der Waals surface area contributed by atoms with Crippen LogP contribution in [0.2, 0.25) is 0 Å². The molecule has 9 heteroatoms. The van der Waals surface area contributed by atoms with Gasteiger partial charge in [0, 0.05) is 49.7 Å². The highest BCUT2D eigenvalue weighted by molar-refractivity contribution is 5.76. The van der Waals surface area contributed by atoms with E-state index in [-0.39, 0.29) is 18.3 Å². The first-order chi connectivity index (χ1) is 17.0. The number of aromatic nitrogens is 3. The highest BCUT2D eigenvalue weighted by Gasteiger charge is 2.24. The van der Waals surface area contributed by atoms with Crippen molar-refractivity contribution in [1.82, 2.24) is 25.0 Å². The Morgan fingerprint density at radius 1 is 1.11 bits per heavy atom. The molecule has 1 fully saturated rings. The lowest BCUT2D eigenvalue weighted by molar-refractivity contribution is -0.133. The van der Waals surface area contributed by atoms with E-state index in [2.05, 4.69) is 10.3 Å². The largest absolute Gasteiger partial charge is 0.450 e. The molecule has 3 aromatic rings. The van der Waals surface area contributed by atoms with Crippen molar-refractivity contribution < 1.29 is 18.7 Å². The quantitative estimate of drug-likeness (QED) is 0.533. The zero-order valence-corrected chi connectivity index (χ0v) is 19.8. The molecule has 35 heavy (non-hydrogen) atoms. The van der Waals surface area contributed by atoms with Gasteiger partial charge in [0.05, 0.1) is 12.3 Å². The number of ether oxygens (including phenoxy) is 1. The fourth-order valence-corrected chi connectivity index (χ4v) is 4.23. The molecule has 0 unspecified atom stereocenters. The van der Waals surface area contributed by atoms with Gasteiger partial charge in [-0.2, -0.15) is 5.10 Å². The number of hydrogen-bond donors (Lipinski definition) is 1. The van der Waals surface area contributed by atoms with Crippen LogP contribution in [0.15, 0.2) is 54.9 Å². The molecule has 3 heterocycles. The van der Waals surface area contributed by atoms with E-state index in [0.29, 0.717) is 38.6 Å². The number of amides is 2. The topological polar surface area (TPSA) is 89.4 Å². The highest BCUT2D eigenvalue weighted by Crippen LogP contribution is 2.22. The Morgan fingerprint density at radius 3 is 2.51 bits per heavy atom. The fraction of sp³-hybridized carbons (Fsp3) is 0.385. The predicted octanol–water partition coefficient (Wildman–Crippen LogP) is 3.66. The third kappa shape index (κ3) is 6.65. The molecule has 1 aliphatic heterocycles. The average molecular weight is 480 g/mol. The first-order valence-corrected chi connectivity index (χ1v) is 11.9. The van der Waals surface area contributed by atoms with Crippen molar-refractivity contribution in [2.45, 2.75) is 32.7 Å². The number of rotatable bonds is 8. The number of piperidine rings is 1. The Hall–Kier alpha value is -3.75. The standard InChI is InChI=1S/C26H30FN5O3/c1-2-35-26(34)29-17-20-9-13-31(14-10-20)25(33)18-32-23(15-19-3-5-22(27)6-4-19)16-24(30-32)21-7-11-28-12-8-21/h3-8,11-12,16,20H,2,9-10,13-15,17-18H2,1H3,(H,29,34). The maximum Gasteiger partial charge on any atom is 0.407 e. The molecule has 0 spiro atoms. The minimum Gasteiger partial charge on any atom is -0.450 e. The van der Waals surface area contributed by atoms with Crippen molar-refractivity contribution in [3.8, 4) is 11.3 Å². The van der Waals surface area contributed by atoms with Gasteiger partial charge in [0.1, 0.15) is 12.4 Å². The molecule has 1 saturated heterocycles. The van der Waals surface area contributed by atoms with Crippen LogP contribution >= 0.6 is 0 Å². The number of benzene rings is 1. The SMILES string of the molecule is CCOC(=O)NCC1CCN(C(=O)Cn2nc(-c3ccncc3)cc2Cc2ccc(F)cc2)CC1. The third-order valence-corrected chi connectivity index (χ3v) is 6.20. The summed E-state index contributed by atoms with van der Waals surface area (Å²) in [6.07, 6.45) is 5.19. The first-order valence-electron chi connectivity index (χ1n) is 11.9. The van der Waals surface area contributed by atoms with E-state index in [9.17, 15) is 14.0 Å². The van der Waals surface area contributed by atoms with Crippen LogP contribution in [0.1, 0.15) is 31.0 Å². The Morgan fingerprint density at radius 2 is 1.83 bits per heavy atom. The molecule has 8 nitrogen and oxygen atoms in total. The van der Waals surface area contributed by atoms with E-state index >= 15 is 0 Å². The van der Waals surface area contributed by atoms with Gasteiger partial charge in [0.25, 0.3) is 0 Å². The summed E-state index contributed by atoms with van der Waals surface area (Å²) >= 11 is 0. The Labute approximate surface area is 204 Å². The molecule has 0 aliphatic carbocycles. The number of halogens is 1. The van der Waals surface area contributed by atoms with Gasteiger partial charge in [-0.05, 0) is 61.6 Å². The summed E-state index contributed by atoms with van der Waals surface area (Å²) in [4.78, 5) is 30.6. The normalized spacial score (nSPS) is 14.1. The lowest BCUT2D eigenvalue weighted by atomic mass is 9.97. The van der Waals surface area contributed by atoms with E-state index in [4.69, 9.17) is 9.84 Å². The summed E-state index contributed by atoms with van der Waals surface area (Å²) in [7, 11) is 0. The lowest BCUT2D eigenvalue weighted by Crippen LogP contribution is -2.43. The van der Waals surface area contributed by atoms with Gasteiger partial charge in [-0.3, -0.25) is 14.5 Å². The van der Waals surface area contributed by atoms with E-state index < -0.39 is 6.09 Å². The van der Waals surface area contributed by atoms with Gasteiger partial charge < -0.3 is 15.0 Å². The van der Waals surface area contributed by atoms with Crippen molar-refractivity contribution in [3.63, 3.8) is 0 Å². The lowest BCUT2D eigenvalue weighted by Gasteiger charge is -2.32. The summed E-state index contributed by atoms with van der Waals surface area (Å²) in [5.74, 6) is 0.0443. The maximum absolute atomic E-state index is 13.4. The number of pyridine rings is 1. The first kappa shape index (κ1) is 24.4. The van der Waals surface area contributed by atoms with E-state index in [1.54, 1.807) is 36.1 Å². The van der Waals surface area contributed by atoms with Crippen LogP contribution in [0.4, 0.5) is 9.18 Å². The maximum atomic E-state index is 13.4. The molecular weight excluding hydrogens is 449 g/mol. The second-order valence-electron chi connectivity index (χ2n) is 8.64. The third-order valence-electron chi connectivity index (χ3n) is 6.20. The van der Waals surface area contributed by atoms with Crippen LogP contribution in [0, 0.1) is 11.7 Å². The smallest absolute Gasteiger partial charge is 0.407 e. The molecule has 1 aliphatic rings. The molecule has 2 aromatic heterocycles. The van der Waals surface area contributed by atoms with E-state index in [1.807, 2.05) is 23.1 Å². The fourth-order valence-electron chi connectivity index (χ4n) is 4.23. The monoisotopic (exact) mass is 479 g/mol. The van der Waals surface area contributed by atoms with Crippen LogP contribution < -0.4 is 5.32 Å². The molecule has 0 radical (unpaired) electrons. The highest BCUT2D eigenvalue weighted by atomic mass is 19.1. The number of likely N-dealkylation sites (tertiary alicyclic amines) is 1. The Balaban J connectivity index is 1.42. The second kappa shape index (κ2) is 11.6. The Bertz CT molecular complexity index is 1130. The van der Waals surface area contributed by atoms with Crippen LogP contribution in [0.3, 0.4) is 0 Å². The summed E-state index contributed by atoms with van der Waals surface area (Å²) in [5.41, 5.74) is 3.50. The number of hydrogen-bond acceptors (Lipinski definition) is 5.